The van der Waals surface area contributed by atoms with Gasteiger partial charge in [0.05, 0.1) is 6.61 Å². The zero-order valence-electron chi connectivity index (χ0n) is 7.38. The van der Waals surface area contributed by atoms with Crippen molar-refractivity contribution in [2.75, 3.05) is 6.61 Å². The molecule has 1 heterocycles. The molecule has 0 aromatic rings. The Morgan fingerprint density at radius 2 is 2.25 bits per heavy atom. The highest BCUT2D eigenvalue weighted by molar-refractivity contribution is 5.35. The maximum atomic E-state index is 5.27. The lowest BCUT2D eigenvalue weighted by Gasteiger charge is -2.17. The Labute approximate surface area is 72.8 Å². The average Bonchev–Trinajstić information content (AvgIpc) is 2.47. The molecule has 1 atom stereocenters. The molecule has 2 aliphatic rings. The second-order valence-corrected chi connectivity index (χ2v) is 3.32. The third-order valence-corrected chi connectivity index (χ3v) is 2.43. The van der Waals surface area contributed by atoms with E-state index in [1.54, 1.807) is 0 Å². The maximum Gasteiger partial charge on any atom is 0.118 e. The molecule has 0 aromatic carbocycles. The standard InChI is InChI=1S/C10H14O2/c1-8-4-3-7-11-12-10-6-2-5-9(8)10/h4-5,10H,2-3,6-7H2,1H3/b8-4-. The lowest BCUT2D eigenvalue weighted by atomic mass is 10.0. The summed E-state index contributed by atoms with van der Waals surface area (Å²) in [4.78, 5) is 10.3. The second-order valence-electron chi connectivity index (χ2n) is 3.32. The molecule has 66 valence electrons. The largest absolute Gasteiger partial charge is 0.236 e. The molecule has 0 radical (unpaired) electrons. The predicted octanol–water partition coefficient (Wildman–Crippen LogP) is 2.37. The van der Waals surface area contributed by atoms with Crippen LogP contribution in [0.2, 0.25) is 0 Å². The van der Waals surface area contributed by atoms with Crippen LogP contribution in [0, 0.1) is 0 Å². The van der Waals surface area contributed by atoms with E-state index in [4.69, 9.17) is 9.78 Å². The Morgan fingerprint density at radius 1 is 1.33 bits per heavy atom. The fourth-order valence-corrected chi connectivity index (χ4v) is 1.76. The number of fused-ring (bicyclic) bond motifs is 1. The fourth-order valence-electron chi connectivity index (χ4n) is 1.76. The van der Waals surface area contributed by atoms with Crippen molar-refractivity contribution in [1.82, 2.24) is 0 Å². The number of rotatable bonds is 0. The molecule has 2 nitrogen and oxygen atoms in total. The molecule has 0 amide bonds. The normalized spacial score (nSPS) is 34.2. The Balaban J connectivity index is 2.20. The summed E-state index contributed by atoms with van der Waals surface area (Å²) in [6.45, 7) is 2.83. The predicted molar refractivity (Wildman–Crippen MR) is 46.5 cm³/mol. The molecular formula is C10H14O2. The zero-order chi connectivity index (χ0) is 8.39. The van der Waals surface area contributed by atoms with Gasteiger partial charge in [-0.25, -0.2) is 9.78 Å². The summed E-state index contributed by atoms with van der Waals surface area (Å²) in [5.41, 5.74) is 2.69. The molecule has 0 N–H and O–H groups in total. The quantitative estimate of drug-likeness (QED) is 0.514. The van der Waals surface area contributed by atoms with Crippen LogP contribution in [0.15, 0.2) is 23.3 Å². The van der Waals surface area contributed by atoms with Gasteiger partial charge in [-0.15, -0.1) is 0 Å². The van der Waals surface area contributed by atoms with Crippen LogP contribution < -0.4 is 0 Å². The van der Waals surface area contributed by atoms with Gasteiger partial charge in [-0.1, -0.05) is 12.2 Å². The molecule has 0 saturated heterocycles. The van der Waals surface area contributed by atoms with Crippen LogP contribution in [0.5, 0.6) is 0 Å². The van der Waals surface area contributed by atoms with Gasteiger partial charge >= 0.3 is 0 Å². The fraction of sp³-hybridized carbons (Fsp3) is 0.600. The molecule has 1 unspecified atom stereocenters. The van der Waals surface area contributed by atoms with E-state index in [0.29, 0.717) is 6.61 Å². The van der Waals surface area contributed by atoms with Crippen LogP contribution in [0.1, 0.15) is 26.2 Å². The summed E-state index contributed by atoms with van der Waals surface area (Å²) in [5.74, 6) is 0. The molecule has 1 aliphatic carbocycles. The van der Waals surface area contributed by atoms with Crippen molar-refractivity contribution in [3.63, 3.8) is 0 Å². The van der Waals surface area contributed by atoms with Crippen molar-refractivity contribution in [1.29, 1.82) is 0 Å². The first-order valence-corrected chi connectivity index (χ1v) is 4.53. The second kappa shape index (κ2) is 3.42. The Bertz CT molecular complexity index is 228. The first-order chi connectivity index (χ1) is 5.88. The van der Waals surface area contributed by atoms with Crippen LogP contribution in [0.4, 0.5) is 0 Å². The SMILES string of the molecule is C/C1=C/CCOOC2CCC=C12. The Hall–Kier alpha value is -0.600. The molecule has 0 spiro atoms. The van der Waals surface area contributed by atoms with E-state index >= 15 is 0 Å². The number of hydrogen-bond donors (Lipinski definition) is 0. The van der Waals surface area contributed by atoms with E-state index in [1.807, 2.05) is 0 Å². The highest BCUT2D eigenvalue weighted by atomic mass is 17.2. The van der Waals surface area contributed by atoms with Crippen molar-refractivity contribution in [2.45, 2.75) is 32.3 Å². The highest BCUT2D eigenvalue weighted by Gasteiger charge is 2.22. The summed E-state index contributed by atoms with van der Waals surface area (Å²) in [5, 5.41) is 0. The molecular weight excluding hydrogens is 152 g/mol. The van der Waals surface area contributed by atoms with Crippen molar-refractivity contribution >= 4 is 0 Å². The smallest absolute Gasteiger partial charge is 0.118 e. The molecule has 12 heavy (non-hydrogen) atoms. The number of hydrogen-bond acceptors (Lipinski definition) is 2. The highest BCUT2D eigenvalue weighted by Crippen LogP contribution is 2.29. The van der Waals surface area contributed by atoms with Gasteiger partial charge in [-0.05, 0) is 37.3 Å². The third kappa shape index (κ3) is 1.45. The molecule has 0 bridgehead atoms. The summed E-state index contributed by atoms with van der Waals surface area (Å²) in [6, 6.07) is 0. The molecule has 1 aliphatic heterocycles. The van der Waals surface area contributed by atoms with Gasteiger partial charge in [-0.2, -0.15) is 0 Å². The van der Waals surface area contributed by atoms with Crippen LogP contribution in [0.3, 0.4) is 0 Å². The van der Waals surface area contributed by atoms with Crippen LogP contribution in [-0.2, 0) is 9.78 Å². The van der Waals surface area contributed by atoms with Crippen LogP contribution in [0.25, 0.3) is 0 Å². The van der Waals surface area contributed by atoms with Gasteiger partial charge in [0, 0.05) is 0 Å². The monoisotopic (exact) mass is 166 g/mol. The van der Waals surface area contributed by atoms with E-state index < -0.39 is 0 Å². The first kappa shape index (κ1) is 8.02. The van der Waals surface area contributed by atoms with E-state index in [9.17, 15) is 0 Å². The van der Waals surface area contributed by atoms with Crippen molar-refractivity contribution < 1.29 is 9.78 Å². The van der Waals surface area contributed by atoms with Gasteiger partial charge in [0.2, 0.25) is 0 Å². The minimum Gasteiger partial charge on any atom is -0.236 e. The van der Waals surface area contributed by atoms with E-state index in [1.165, 1.54) is 11.1 Å². The van der Waals surface area contributed by atoms with E-state index in [0.717, 1.165) is 19.3 Å². The molecule has 2 rings (SSSR count). The Kier molecular flexibility index (Phi) is 2.28. The summed E-state index contributed by atoms with van der Waals surface area (Å²) in [6.07, 6.45) is 7.82. The molecule has 2 heteroatoms. The minimum atomic E-state index is 0.196. The lowest BCUT2D eigenvalue weighted by molar-refractivity contribution is -0.315. The van der Waals surface area contributed by atoms with Crippen molar-refractivity contribution in [3.05, 3.63) is 23.3 Å². The van der Waals surface area contributed by atoms with Crippen LogP contribution in [-0.4, -0.2) is 12.7 Å². The molecule has 0 saturated carbocycles. The van der Waals surface area contributed by atoms with Crippen molar-refractivity contribution in [2.24, 2.45) is 0 Å². The zero-order valence-corrected chi connectivity index (χ0v) is 7.38. The average molecular weight is 166 g/mol. The van der Waals surface area contributed by atoms with Gasteiger partial charge in [-0.3, -0.25) is 0 Å². The molecule has 0 aromatic heterocycles. The third-order valence-electron chi connectivity index (χ3n) is 2.43. The van der Waals surface area contributed by atoms with E-state index in [2.05, 4.69) is 19.1 Å². The summed E-state index contributed by atoms with van der Waals surface area (Å²) >= 11 is 0. The number of allylic oxidation sites excluding steroid dienone is 1. The van der Waals surface area contributed by atoms with Gasteiger partial charge in [0.1, 0.15) is 6.10 Å². The van der Waals surface area contributed by atoms with E-state index in [-0.39, 0.29) is 6.10 Å². The minimum absolute atomic E-state index is 0.196. The van der Waals surface area contributed by atoms with Gasteiger partial charge < -0.3 is 0 Å². The Morgan fingerprint density at radius 3 is 3.17 bits per heavy atom. The summed E-state index contributed by atoms with van der Waals surface area (Å²) in [7, 11) is 0. The van der Waals surface area contributed by atoms with Gasteiger partial charge in [0.25, 0.3) is 0 Å². The topological polar surface area (TPSA) is 18.5 Å². The van der Waals surface area contributed by atoms with Crippen molar-refractivity contribution in [3.8, 4) is 0 Å². The summed E-state index contributed by atoms with van der Waals surface area (Å²) < 4.78 is 0. The van der Waals surface area contributed by atoms with Gasteiger partial charge in [0.15, 0.2) is 0 Å². The first-order valence-electron chi connectivity index (χ1n) is 4.53. The lowest BCUT2D eigenvalue weighted by Crippen LogP contribution is -2.15. The molecule has 0 fully saturated rings. The van der Waals surface area contributed by atoms with Crippen LogP contribution >= 0.6 is 0 Å². The maximum absolute atomic E-state index is 5.27.